The van der Waals surface area contributed by atoms with E-state index in [9.17, 15) is 9.59 Å². The number of hydrogen-bond acceptors (Lipinski definition) is 5. The lowest BCUT2D eigenvalue weighted by Gasteiger charge is -2.23. The summed E-state index contributed by atoms with van der Waals surface area (Å²) < 4.78 is 5.91. The van der Waals surface area contributed by atoms with Crippen molar-refractivity contribution >= 4 is 23.5 Å². The highest BCUT2D eigenvalue weighted by molar-refractivity contribution is 6.05. The molecule has 0 unspecified atom stereocenters. The van der Waals surface area contributed by atoms with Crippen LogP contribution in [0.2, 0.25) is 0 Å². The number of aliphatic imine (C=N–C) groups is 1. The third kappa shape index (κ3) is 5.66. The van der Waals surface area contributed by atoms with Crippen molar-refractivity contribution in [1.82, 2.24) is 15.1 Å². The van der Waals surface area contributed by atoms with Crippen LogP contribution in [0.3, 0.4) is 0 Å². The van der Waals surface area contributed by atoms with Crippen LogP contribution < -0.4 is 10.1 Å². The molecule has 0 atom stereocenters. The zero-order chi connectivity index (χ0) is 22.3. The Kier molecular flexibility index (Phi) is 7.04. The minimum absolute atomic E-state index is 0.0161. The van der Waals surface area contributed by atoms with E-state index >= 15 is 0 Å². The van der Waals surface area contributed by atoms with E-state index in [1.54, 1.807) is 4.90 Å². The fourth-order valence-electron chi connectivity index (χ4n) is 3.99. The van der Waals surface area contributed by atoms with Gasteiger partial charge in [-0.3, -0.25) is 14.9 Å². The topological polar surface area (TPSA) is 74.2 Å². The van der Waals surface area contributed by atoms with E-state index in [1.807, 2.05) is 60.5 Å². The molecule has 0 aliphatic carbocycles. The van der Waals surface area contributed by atoms with Crippen molar-refractivity contribution in [2.24, 2.45) is 4.99 Å². The first-order valence-electron chi connectivity index (χ1n) is 11.3. The molecule has 168 valence electrons. The number of amides is 2. The number of unbranched alkanes of at least 4 members (excludes halogenated alkanes) is 3. The van der Waals surface area contributed by atoms with Gasteiger partial charge in [0.1, 0.15) is 12.3 Å². The van der Waals surface area contributed by atoms with Gasteiger partial charge in [0.15, 0.2) is 0 Å². The maximum atomic E-state index is 12.3. The molecule has 2 aromatic carbocycles. The molecule has 1 fully saturated rings. The predicted octanol–water partition coefficient (Wildman–Crippen LogP) is 3.61. The van der Waals surface area contributed by atoms with E-state index in [0.717, 1.165) is 48.2 Å². The van der Waals surface area contributed by atoms with Crippen molar-refractivity contribution in [2.75, 3.05) is 20.2 Å². The van der Waals surface area contributed by atoms with Crippen LogP contribution in [0.4, 0.5) is 5.69 Å². The van der Waals surface area contributed by atoms with Crippen LogP contribution in [-0.2, 0) is 22.7 Å². The number of carbonyl (C=O) groups excluding carboxylic acids is 2. The normalized spacial score (nSPS) is 14.3. The zero-order valence-electron chi connectivity index (χ0n) is 18.5. The Bertz CT molecular complexity index is 990. The largest absolute Gasteiger partial charge is 0.494 e. The van der Waals surface area contributed by atoms with Crippen molar-refractivity contribution in [3.8, 4) is 5.75 Å². The summed E-state index contributed by atoms with van der Waals surface area (Å²) in [6.07, 6.45) is 4.50. The molecule has 7 nitrogen and oxygen atoms in total. The van der Waals surface area contributed by atoms with Gasteiger partial charge in [-0.2, -0.15) is 0 Å². The maximum Gasteiger partial charge on any atom is 0.246 e. The number of rotatable bonds is 10. The van der Waals surface area contributed by atoms with E-state index in [1.165, 1.54) is 0 Å². The fourth-order valence-corrected chi connectivity index (χ4v) is 3.99. The van der Waals surface area contributed by atoms with Crippen LogP contribution >= 0.6 is 0 Å². The minimum atomic E-state index is -0.0161. The molecule has 2 aliphatic heterocycles. The quantitative estimate of drug-likeness (QED) is 0.580. The molecule has 0 radical (unpaired) electrons. The van der Waals surface area contributed by atoms with Gasteiger partial charge in [-0.05, 0) is 36.6 Å². The summed E-state index contributed by atoms with van der Waals surface area (Å²) in [6.45, 7) is 2.33. The summed E-state index contributed by atoms with van der Waals surface area (Å²) >= 11 is 0. The Morgan fingerprint density at radius 3 is 2.75 bits per heavy atom. The fraction of sp³-hybridized carbons (Fsp3) is 0.400. The van der Waals surface area contributed by atoms with Crippen LogP contribution in [0.15, 0.2) is 53.5 Å². The van der Waals surface area contributed by atoms with Crippen molar-refractivity contribution in [3.05, 3.63) is 59.7 Å². The SMILES string of the molecule is CN(Cc1ccccc1)C(=O)CCCCCCOc1ccc2c(c1)CN1CC(=O)NC1=N2. The molecule has 2 heterocycles. The molecular weight excluding hydrogens is 404 g/mol. The van der Waals surface area contributed by atoms with Gasteiger partial charge in [0.25, 0.3) is 0 Å². The number of ether oxygens (including phenoxy) is 1. The molecule has 2 aromatic rings. The summed E-state index contributed by atoms with van der Waals surface area (Å²) in [5.74, 6) is 1.65. The van der Waals surface area contributed by atoms with Gasteiger partial charge in [-0.25, -0.2) is 4.99 Å². The number of carbonyl (C=O) groups is 2. The molecule has 0 aromatic heterocycles. The Hall–Kier alpha value is -3.35. The predicted molar refractivity (Wildman–Crippen MR) is 124 cm³/mol. The first-order chi connectivity index (χ1) is 15.6. The maximum absolute atomic E-state index is 12.3. The summed E-state index contributed by atoms with van der Waals surface area (Å²) in [5, 5.41) is 2.78. The first-order valence-corrected chi connectivity index (χ1v) is 11.3. The lowest BCUT2D eigenvalue weighted by atomic mass is 10.1. The van der Waals surface area contributed by atoms with Crippen LogP contribution in [0.25, 0.3) is 0 Å². The van der Waals surface area contributed by atoms with Crippen molar-refractivity contribution in [1.29, 1.82) is 0 Å². The second kappa shape index (κ2) is 10.3. The van der Waals surface area contributed by atoms with E-state index < -0.39 is 0 Å². The highest BCUT2D eigenvalue weighted by Gasteiger charge is 2.29. The molecule has 1 saturated heterocycles. The third-order valence-electron chi connectivity index (χ3n) is 5.77. The Morgan fingerprint density at radius 2 is 1.91 bits per heavy atom. The Balaban J connectivity index is 1.11. The smallest absolute Gasteiger partial charge is 0.246 e. The monoisotopic (exact) mass is 434 g/mol. The lowest BCUT2D eigenvalue weighted by molar-refractivity contribution is -0.130. The van der Waals surface area contributed by atoms with E-state index in [-0.39, 0.29) is 11.8 Å². The number of guanidine groups is 1. The molecule has 7 heteroatoms. The average Bonchev–Trinajstić information content (AvgIpc) is 3.15. The van der Waals surface area contributed by atoms with Crippen molar-refractivity contribution < 1.29 is 14.3 Å². The minimum Gasteiger partial charge on any atom is -0.494 e. The highest BCUT2D eigenvalue weighted by atomic mass is 16.5. The molecular formula is C25H30N4O3. The molecule has 2 amide bonds. The number of nitrogens with zero attached hydrogens (tertiary/aromatic N) is 3. The number of fused-ring (bicyclic) bond motifs is 2. The van der Waals surface area contributed by atoms with E-state index in [2.05, 4.69) is 10.3 Å². The molecule has 2 aliphatic rings. The van der Waals surface area contributed by atoms with Crippen molar-refractivity contribution in [3.63, 3.8) is 0 Å². The first kappa shape index (κ1) is 21.9. The van der Waals surface area contributed by atoms with Crippen LogP contribution in [-0.4, -0.2) is 47.8 Å². The van der Waals surface area contributed by atoms with Gasteiger partial charge in [-0.1, -0.05) is 43.2 Å². The van der Waals surface area contributed by atoms with Gasteiger partial charge < -0.3 is 14.5 Å². The van der Waals surface area contributed by atoms with Gasteiger partial charge in [0.2, 0.25) is 17.8 Å². The molecule has 32 heavy (non-hydrogen) atoms. The average molecular weight is 435 g/mol. The van der Waals surface area contributed by atoms with Gasteiger partial charge in [0, 0.05) is 32.1 Å². The number of hydrogen-bond donors (Lipinski definition) is 1. The van der Waals surface area contributed by atoms with Gasteiger partial charge in [0.05, 0.1) is 12.3 Å². The summed E-state index contributed by atoms with van der Waals surface area (Å²) in [7, 11) is 1.87. The summed E-state index contributed by atoms with van der Waals surface area (Å²) in [4.78, 5) is 32.1. The van der Waals surface area contributed by atoms with E-state index in [4.69, 9.17) is 4.74 Å². The van der Waals surface area contributed by atoms with Crippen LogP contribution in [0, 0.1) is 0 Å². The van der Waals surface area contributed by atoms with Crippen LogP contribution in [0.1, 0.15) is 43.2 Å². The molecule has 0 bridgehead atoms. The zero-order valence-corrected chi connectivity index (χ0v) is 18.5. The van der Waals surface area contributed by atoms with E-state index in [0.29, 0.717) is 38.6 Å². The number of nitrogens with one attached hydrogen (secondary N) is 1. The standard InChI is InChI=1S/C25H30N4O3/c1-28(16-19-9-5-4-6-10-19)24(31)11-7-2-3-8-14-32-21-12-13-22-20(15-21)17-29-18-23(30)27-25(29)26-22/h4-6,9-10,12-13,15H,2-3,7-8,11,14,16-18H2,1H3,(H,26,27,30). The molecule has 0 spiro atoms. The van der Waals surface area contributed by atoms with Crippen molar-refractivity contribution in [2.45, 2.75) is 45.2 Å². The van der Waals surface area contributed by atoms with Gasteiger partial charge >= 0.3 is 0 Å². The number of benzene rings is 2. The molecule has 4 rings (SSSR count). The third-order valence-corrected chi connectivity index (χ3v) is 5.77. The summed E-state index contributed by atoms with van der Waals surface area (Å²) in [5.41, 5.74) is 3.11. The lowest BCUT2D eigenvalue weighted by Crippen LogP contribution is -2.31. The molecule has 1 N–H and O–H groups in total. The second-order valence-corrected chi connectivity index (χ2v) is 8.38. The second-order valence-electron chi connectivity index (χ2n) is 8.38. The molecule has 0 saturated carbocycles. The summed E-state index contributed by atoms with van der Waals surface area (Å²) in [6, 6.07) is 15.9. The Labute approximate surface area is 189 Å². The Morgan fingerprint density at radius 1 is 1.09 bits per heavy atom. The van der Waals surface area contributed by atoms with Gasteiger partial charge in [-0.15, -0.1) is 0 Å². The van der Waals surface area contributed by atoms with Crippen LogP contribution in [0.5, 0.6) is 5.75 Å². The highest BCUT2D eigenvalue weighted by Crippen LogP contribution is 2.30.